The van der Waals surface area contributed by atoms with E-state index in [9.17, 15) is 9.36 Å². The van der Waals surface area contributed by atoms with Crippen LogP contribution in [0.5, 0.6) is 0 Å². The van der Waals surface area contributed by atoms with Gasteiger partial charge in [0.1, 0.15) is 3.53 Å². The number of carbonyl (C=O) groups excluding carboxylic acids is 1. The Morgan fingerprint density at radius 3 is 2.38 bits per heavy atom. The molecule has 0 N–H and O–H groups in total. The van der Waals surface area contributed by atoms with Crippen LogP contribution in [0, 0.1) is 0 Å². The van der Waals surface area contributed by atoms with Gasteiger partial charge in [-0.1, -0.05) is 54.3 Å². The van der Waals surface area contributed by atoms with Crippen LogP contribution >= 0.6 is 43.3 Å². The normalized spacial score (nSPS) is 12.6. The summed E-state index contributed by atoms with van der Waals surface area (Å²) < 4.78 is 28.2. The van der Waals surface area contributed by atoms with Gasteiger partial charge >= 0.3 is 13.6 Å². The van der Waals surface area contributed by atoms with Gasteiger partial charge in [-0.15, -0.1) is 11.8 Å². The molecule has 0 amide bonds. The molecule has 9 heteroatoms. The zero-order chi connectivity index (χ0) is 19.4. The molecule has 0 aliphatic heterocycles. The van der Waals surface area contributed by atoms with Crippen molar-refractivity contribution in [3.63, 3.8) is 0 Å². The van der Waals surface area contributed by atoms with Crippen LogP contribution in [0.1, 0.15) is 38.0 Å². The van der Waals surface area contributed by atoms with Crippen molar-refractivity contribution in [3.8, 4) is 0 Å². The topological polar surface area (TPSA) is 61.8 Å². The second-order valence-corrected chi connectivity index (χ2v) is 10.7. The summed E-state index contributed by atoms with van der Waals surface area (Å²) in [7, 11) is -3.36. The van der Waals surface area contributed by atoms with Gasteiger partial charge in [0.05, 0.1) is 19.6 Å². The molecule has 0 saturated carbocycles. The second kappa shape index (κ2) is 12.9. The van der Waals surface area contributed by atoms with Crippen molar-refractivity contribution in [2.45, 2.75) is 32.4 Å². The molecule has 0 aliphatic carbocycles. The molecule has 0 aromatic heterocycles. The molecule has 0 saturated heterocycles. The smallest absolute Gasteiger partial charge is 0.367 e. The highest BCUT2D eigenvalue weighted by Crippen LogP contribution is 2.47. The third-order valence-electron chi connectivity index (χ3n) is 3.10. The Bertz CT molecular complexity index is 602. The monoisotopic (exact) mass is 436 g/mol. The van der Waals surface area contributed by atoms with E-state index in [2.05, 4.69) is 19.1 Å². The van der Waals surface area contributed by atoms with E-state index in [0.717, 1.165) is 3.53 Å². The summed E-state index contributed by atoms with van der Waals surface area (Å²) >= 11 is 8.40. The number of benzene rings is 1. The Morgan fingerprint density at radius 1 is 1.19 bits per heavy atom. The van der Waals surface area contributed by atoms with E-state index < -0.39 is 13.6 Å². The first-order valence-corrected chi connectivity index (χ1v) is 12.3. The average Bonchev–Trinajstić information content (AvgIpc) is 2.61. The zero-order valence-corrected chi connectivity index (χ0v) is 18.6. The minimum absolute atomic E-state index is 0.184. The maximum atomic E-state index is 12.2. The van der Waals surface area contributed by atoms with E-state index in [1.165, 1.54) is 17.3 Å². The first-order valence-electron chi connectivity index (χ1n) is 8.32. The summed E-state index contributed by atoms with van der Waals surface area (Å²) in [6.07, 6.45) is -0.175. The number of esters is 1. The van der Waals surface area contributed by atoms with Gasteiger partial charge in [0.15, 0.2) is 6.35 Å². The molecule has 0 heterocycles. The van der Waals surface area contributed by atoms with E-state index >= 15 is 0 Å². The predicted octanol–water partition coefficient (Wildman–Crippen LogP) is 5.66. The van der Waals surface area contributed by atoms with E-state index in [1.54, 1.807) is 25.6 Å². The van der Waals surface area contributed by atoms with Crippen molar-refractivity contribution in [1.82, 2.24) is 0 Å². The van der Waals surface area contributed by atoms with Crippen molar-refractivity contribution < 1.29 is 23.1 Å². The quantitative estimate of drug-likeness (QED) is 0.250. The van der Waals surface area contributed by atoms with Gasteiger partial charge in [0, 0.05) is 11.0 Å². The van der Waals surface area contributed by atoms with Crippen LogP contribution < -0.4 is 0 Å². The summed E-state index contributed by atoms with van der Waals surface area (Å²) in [5.74, 6) is 0.0702. The largest absolute Gasteiger partial charge is 0.453 e. The molecule has 1 aromatic carbocycles. The number of hydrogen-bond acceptors (Lipinski definition) is 8. The lowest BCUT2D eigenvalue weighted by Crippen LogP contribution is -2.10. The third-order valence-corrected chi connectivity index (χ3v) is 7.60. The highest BCUT2D eigenvalue weighted by atomic mass is 32.2. The summed E-state index contributed by atoms with van der Waals surface area (Å²) in [5, 5.41) is 0.256. The fourth-order valence-electron chi connectivity index (χ4n) is 1.92. The standard InChI is InChI=1S/C17H25O5PS3/c1-4-21-23(19,22-5-2)13-20-16(18)11-12-25-17(24)26-14(3)15-9-7-6-8-10-15/h6-10,14H,4-5,11-13H2,1-3H3. The van der Waals surface area contributed by atoms with Gasteiger partial charge in [0.2, 0.25) is 0 Å². The molecule has 1 unspecified atom stereocenters. The lowest BCUT2D eigenvalue weighted by molar-refractivity contribution is -0.141. The van der Waals surface area contributed by atoms with Gasteiger partial charge in [-0.05, 0) is 26.3 Å². The molecule has 0 radical (unpaired) electrons. The van der Waals surface area contributed by atoms with Crippen LogP contribution in [0.25, 0.3) is 0 Å². The Kier molecular flexibility index (Phi) is 11.8. The molecule has 1 aromatic rings. The second-order valence-electron chi connectivity index (χ2n) is 5.11. The molecule has 0 aliphatic rings. The maximum Gasteiger partial charge on any atom is 0.367 e. The Balaban J connectivity index is 2.28. The number of thioether (sulfide) groups is 2. The highest BCUT2D eigenvalue weighted by molar-refractivity contribution is 8.47. The number of ether oxygens (including phenoxy) is 1. The van der Waals surface area contributed by atoms with Crippen LogP contribution in [0.2, 0.25) is 0 Å². The van der Waals surface area contributed by atoms with Gasteiger partial charge < -0.3 is 13.8 Å². The fraction of sp³-hybridized carbons (Fsp3) is 0.529. The summed E-state index contributed by atoms with van der Waals surface area (Å²) in [6.45, 7) is 5.98. The number of rotatable bonds is 11. The number of thiocarbonyl (C=S) groups is 1. The summed E-state index contributed by atoms with van der Waals surface area (Å²) in [4.78, 5) is 11.8. The van der Waals surface area contributed by atoms with Crippen molar-refractivity contribution in [3.05, 3.63) is 35.9 Å². The fourth-order valence-corrected chi connectivity index (χ4v) is 5.88. The minimum Gasteiger partial charge on any atom is -0.453 e. The Hall–Kier alpha value is -0.370. The van der Waals surface area contributed by atoms with E-state index in [4.69, 9.17) is 26.0 Å². The first-order chi connectivity index (χ1) is 12.4. The Morgan fingerprint density at radius 2 is 1.81 bits per heavy atom. The molecular formula is C17H25O5PS3. The van der Waals surface area contributed by atoms with Crippen molar-refractivity contribution in [2.75, 3.05) is 25.3 Å². The van der Waals surface area contributed by atoms with E-state index in [1.807, 2.05) is 18.2 Å². The van der Waals surface area contributed by atoms with Gasteiger partial charge in [-0.3, -0.25) is 9.36 Å². The maximum absolute atomic E-state index is 12.2. The first kappa shape index (κ1) is 23.7. The molecule has 0 bridgehead atoms. The SMILES string of the molecule is CCOP(=O)(COC(=O)CCSC(=S)SC(C)c1ccccc1)OCC. The molecular weight excluding hydrogens is 411 g/mol. The molecule has 146 valence electrons. The zero-order valence-electron chi connectivity index (χ0n) is 15.2. The summed E-state index contributed by atoms with van der Waals surface area (Å²) in [5.41, 5.74) is 1.21. The van der Waals surface area contributed by atoms with Gasteiger partial charge in [-0.2, -0.15) is 0 Å². The van der Waals surface area contributed by atoms with Crippen molar-refractivity contribution in [2.24, 2.45) is 0 Å². The lowest BCUT2D eigenvalue weighted by atomic mass is 10.2. The molecule has 1 atom stereocenters. The van der Waals surface area contributed by atoms with Crippen molar-refractivity contribution in [1.29, 1.82) is 0 Å². The van der Waals surface area contributed by atoms with E-state index in [-0.39, 0.29) is 31.2 Å². The van der Waals surface area contributed by atoms with Gasteiger partial charge in [-0.25, -0.2) is 0 Å². The van der Waals surface area contributed by atoms with Crippen LogP contribution in [0.15, 0.2) is 30.3 Å². The number of carbonyl (C=O) groups is 1. The Labute approximate surface area is 169 Å². The predicted molar refractivity (Wildman–Crippen MR) is 114 cm³/mol. The van der Waals surface area contributed by atoms with Crippen LogP contribution in [0.4, 0.5) is 0 Å². The van der Waals surface area contributed by atoms with Crippen molar-refractivity contribution >= 4 is 52.8 Å². The molecule has 5 nitrogen and oxygen atoms in total. The van der Waals surface area contributed by atoms with Crippen LogP contribution in [0.3, 0.4) is 0 Å². The van der Waals surface area contributed by atoms with Gasteiger partial charge in [0.25, 0.3) is 0 Å². The average molecular weight is 437 g/mol. The van der Waals surface area contributed by atoms with E-state index in [0.29, 0.717) is 5.75 Å². The number of hydrogen-bond donors (Lipinski definition) is 0. The molecule has 0 fully saturated rings. The molecule has 0 spiro atoms. The highest BCUT2D eigenvalue weighted by Gasteiger charge is 2.25. The third kappa shape index (κ3) is 9.53. The molecule has 26 heavy (non-hydrogen) atoms. The summed E-state index contributed by atoms with van der Waals surface area (Å²) in [6, 6.07) is 10.1. The lowest BCUT2D eigenvalue weighted by Gasteiger charge is -2.16. The van der Waals surface area contributed by atoms with Crippen LogP contribution in [-0.4, -0.2) is 34.8 Å². The molecule has 1 rings (SSSR count). The van der Waals surface area contributed by atoms with Crippen LogP contribution in [-0.2, 0) is 23.1 Å². The minimum atomic E-state index is -3.36.